The molecule has 0 saturated carbocycles. The molecule has 6 nitrogen and oxygen atoms in total. The van der Waals surface area contributed by atoms with E-state index in [1.807, 2.05) is 6.07 Å². The second kappa shape index (κ2) is 12.6. The van der Waals surface area contributed by atoms with Crippen LogP contribution in [0, 0.1) is 5.92 Å². The van der Waals surface area contributed by atoms with Crippen LogP contribution in [0.2, 0.25) is 0 Å². The van der Waals surface area contributed by atoms with E-state index in [1.165, 1.54) is 12.0 Å². The standard InChI is InChI=1S/C22H36N4O2.HI/c1-4-23-22(26-9-8-20(16-26)25-10-12-27-13-11-25)24-15-19-6-5-7-21(14-19)28-17-18(2)3;/h5-7,14,18,20H,4,8-13,15-17H2,1-3H3,(H,23,24);1H. The number of rotatable bonds is 7. The lowest BCUT2D eigenvalue weighted by molar-refractivity contribution is 0.0195. The van der Waals surface area contributed by atoms with E-state index in [2.05, 4.69) is 54.1 Å². The maximum absolute atomic E-state index is 5.85. The Morgan fingerprint density at radius 1 is 1.28 bits per heavy atom. The van der Waals surface area contributed by atoms with Crippen molar-refractivity contribution in [3.63, 3.8) is 0 Å². The zero-order valence-electron chi connectivity index (χ0n) is 18.1. The number of halogens is 1. The topological polar surface area (TPSA) is 49.3 Å². The summed E-state index contributed by atoms with van der Waals surface area (Å²) in [5.41, 5.74) is 1.18. The maximum Gasteiger partial charge on any atom is 0.194 e. The van der Waals surface area contributed by atoms with E-state index in [0.717, 1.165) is 64.3 Å². The molecule has 0 spiro atoms. The summed E-state index contributed by atoms with van der Waals surface area (Å²) in [5.74, 6) is 2.48. The van der Waals surface area contributed by atoms with Gasteiger partial charge in [0.25, 0.3) is 0 Å². The van der Waals surface area contributed by atoms with E-state index in [-0.39, 0.29) is 24.0 Å². The average Bonchev–Trinajstić information content (AvgIpc) is 3.21. The third-order valence-corrected chi connectivity index (χ3v) is 5.25. The van der Waals surface area contributed by atoms with Gasteiger partial charge in [-0.15, -0.1) is 24.0 Å². The van der Waals surface area contributed by atoms with Crippen LogP contribution in [0.1, 0.15) is 32.8 Å². The summed E-state index contributed by atoms with van der Waals surface area (Å²) < 4.78 is 11.4. The van der Waals surface area contributed by atoms with Crippen LogP contribution in [0.15, 0.2) is 29.3 Å². The molecule has 0 aromatic heterocycles. The molecule has 0 bridgehead atoms. The lowest BCUT2D eigenvalue weighted by Gasteiger charge is -2.32. The molecule has 1 unspecified atom stereocenters. The fourth-order valence-electron chi connectivity index (χ4n) is 3.76. The highest BCUT2D eigenvalue weighted by Gasteiger charge is 2.30. The third-order valence-electron chi connectivity index (χ3n) is 5.25. The Morgan fingerprint density at radius 2 is 2.07 bits per heavy atom. The highest BCUT2D eigenvalue weighted by atomic mass is 127. The molecule has 1 atom stereocenters. The van der Waals surface area contributed by atoms with E-state index < -0.39 is 0 Å². The smallest absolute Gasteiger partial charge is 0.194 e. The highest BCUT2D eigenvalue weighted by Crippen LogP contribution is 2.18. The Kier molecular flexibility index (Phi) is 10.5. The van der Waals surface area contributed by atoms with Gasteiger partial charge < -0.3 is 19.7 Å². The van der Waals surface area contributed by atoms with Crippen LogP contribution < -0.4 is 10.1 Å². The van der Waals surface area contributed by atoms with Crippen molar-refractivity contribution in [1.82, 2.24) is 15.1 Å². The minimum atomic E-state index is 0. The van der Waals surface area contributed by atoms with Crippen molar-refractivity contribution in [3.05, 3.63) is 29.8 Å². The van der Waals surface area contributed by atoms with Gasteiger partial charge >= 0.3 is 0 Å². The lowest BCUT2D eigenvalue weighted by Crippen LogP contribution is -2.46. The number of hydrogen-bond donors (Lipinski definition) is 1. The Balaban J connectivity index is 0.00000300. The summed E-state index contributed by atoms with van der Waals surface area (Å²) in [6.07, 6.45) is 1.20. The molecule has 0 aliphatic carbocycles. The number of aliphatic imine (C=N–C) groups is 1. The van der Waals surface area contributed by atoms with Crippen molar-refractivity contribution in [1.29, 1.82) is 0 Å². The van der Waals surface area contributed by atoms with Crippen molar-refractivity contribution in [2.75, 3.05) is 52.5 Å². The van der Waals surface area contributed by atoms with Crippen LogP contribution in [0.3, 0.4) is 0 Å². The summed E-state index contributed by atoms with van der Waals surface area (Å²) in [5, 5.41) is 3.47. The van der Waals surface area contributed by atoms with Gasteiger partial charge in [-0.1, -0.05) is 26.0 Å². The first kappa shape index (κ1) is 24.2. The zero-order chi connectivity index (χ0) is 19.8. The van der Waals surface area contributed by atoms with E-state index >= 15 is 0 Å². The van der Waals surface area contributed by atoms with Gasteiger partial charge in [-0.2, -0.15) is 0 Å². The molecule has 1 aromatic rings. The molecule has 1 aromatic carbocycles. The van der Waals surface area contributed by atoms with Crippen LogP contribution >= 0.6 is 24.0 Å². The first-order valence-electron chi connectivity index (χ1n) is 10.7. The highest BCUT2D eigenvalue weighted by molar-refractivity contribution is 14.0. The minimum absolute atomic E-state index is 0. The van der Waals surface area contributed by atoms with E-state index in [9.17, 15) is 0 Å². The number of nitrogens with zero attached hydrogens (tertiary/aromatic N) is 3. The summed E-state index contributed by atoms with van der Waals surface area (Å²) in [6, 6.07) is 8.91. The van der Waals surface area contributed by atoms with Gasteiger partial charge in [-0.25, -0.2) is 4.99 Å². The van der Waals surface area contributed by atoms with E-state index in [0.29, 0.717) is 18.5 Å². The first-order valence-corrected chi connectivity index (χ1v) is 10.7. The van der Waals surface area contributed by atoms with Gasteiger partial charge in [0.05, 0.1) is 26.4 Å². The molecular weight excluding hydrogens is 479 g/mol. The molecule has 2 saturated heterocycles. The Hall–Kier alpha value is -1.06. The molecule has 0 radical (unpaired) electrons. The van der Waals surface area contributed by atoms with Gasteiger partial charge in [-0.3, -0.25) is 4.90 Å². The largest absolute Gasteiger partial charge is 0.493 e. The van der Waals surface area contributed by atoms with Gasteiger partial charge in [0.15, 0.2) is 5.96 Å². The van der Waals surface area contributed by atoms with Crippen LogP contribution in [-0.2, 0) is 11.3 Å². The number of likely N-dealkylation sites (tertiary alicyclic amines) is 1. The Labute approximate surface area is 193 Å². The maximum atomic E-state index is 5.85. The normalized spacial score (nSPS) is 20.6. The van der Waals surface area contributed by atoms with Crippen molar-refractivity contribution in [2.24, 2.45) is 10.9 Å². The Morgan fingerprint density at radius 3 is 2.79 bits per heavy atom. The van der Waals surface area contributed by atoms with Crippen LogP contribution in [0.5, 0.6) is 5.75 Å². The SMILES string of the molecule is CCNC(=NCc1cccc(OCC(C)C)c1)N1CCC(N2CCOCC2)C1.I. The summed E-state index contributed by atoms with van der Waals surface area (Å²) in [6.45, 7) is 14.7. The van der Waals surface area contributed by atoms with Crippen LogP contribution in [-0.4, -0.2) is 74.3 Å². The number of morpholine rings is 1. The fourth-order valence-corrected chi connectivity index (χ4v) is 3.76. The molecule has 0 amide bonds. The van der Waals surface area contributed by atoms with Crippen molar-refractivity contribution >= 4 is 29.9 Å². The number of guanidine groups is 1. The molecule has 1 N–H and O–H groups in total. The van der Waals surface area contributed by atoms with Gasteiger partial charge in [0, 0.05) is 38.8 Å². The summed E-state index contributed by atoms with van der Waals surface area (Å²) in [7, 11) is 0. The molecule has 2 aliphatic heterocycles. The summed E-state index contributed by atoms with van der Waals surface area (Å²) >= 11 is 0. The first-order chi connectivity index (χ1) is 13.7. The zero-order valence-corrected chi connectivity index (χ0v) is 20.4. The van der Waals surface area contributed by atoms with Gasteiger partial charge in [0.2, 0.25) is 0 Å². The van der Waals surface area contributed by atoms with Crippen molar-refractivity contribution in [2.45, 2.75) is 39.8 Å². The fraction of sp³-hybridized carbons (Fsp3) is 0.682. The second-order valence-electron chi connectivity index (χ2n) is 8.06. The van der Waals surface area contributed by atoms with Gasteiger partial charge in [0.1, 0.15) is 5.75 Å². The number of hydrogen-bond acceptors (Lipinski definition) is 4. The molecule has 164 valence electrons. The van der Waals surface area contributed by atoms with Crippen LogP contribution in [0.25, 0.3) is 0 Å². The molecular formula is C22H37IN4O2. The second-order valence-corrected chi connectivity index (χ2v) is 8.06. The average molecular weight is 516 g/mol. The third kappa shape index (κ3) is 7.61. The monoisotopic (exact) mass is 516 g/mol. The molecule has 2 aliphatic rings. The summed E-state index contributed by atoms with van der Waals surface area (Å²) in [4.78, 5) is 9.89. The predicted molar refractivity (Wildman–Crippen MR) is 129 cm³/mol. The quantitative estimate of drug-likeness (QED) is 0.343. The molecule has 7 heteroatoms. The lowest BCUT2D eigenvalue weighted by atomic mass is 10.2. The Bertz CT molecular complexity index is 635. The molecule has 29 heavy (non-hydrogen) atoms. The van der Waals surface area contributed by atoms with E-state index in [1.54, 1.807) is 0 Å². The van der Waals surface area contributed by atoms with Gasteiger partial charge in [-0.05, 0) is 37.0 Å². The number of benzene rings is 1. The minimum Gasteiger partial charge on any atom is -0.493 e. The predicted octanol–water partition coefficient (Wildman–Crippen LogP) is 3.21. The number of nitrogens with one attached hydrogen (secondary N) is 1. The van der Waals surface area contributed by atoms with Crippen LogP contribution in [0.4, 0.5) is 0 Å². The molecule has 3 rings (SSSR count). The molecule has 2 heterocycles. The van der Waals surface area contributed by atoms with Crippen molar-refractivity contribution < 1.29 is 9.47 Å². The van der Waals surface area contributed by atoms with E-state index in [4.69, 9.17) is 14.5 Å². The molecule has 2 fully saturated rings. The van der Waals surface area contributed by atoms with Crippen molar-refractivity contribution in [3.8, 4) is 5.75 Å². The number of ether oxygens (including phenoxy) is 2.